The maximum Gasteiger partial charge on any atom is 0.300 e. The Morgan fingerprint density at radius 2 is 1.72 bits per heavy atom. The number of aliphatic hydroxyl groups excluding tert-OH is 1. The third kappa shape index (κ3) is 3.94. The Kier molecular flexibility index (Phi) is 6.15. The van der Waals surface area contributed by atoms with E-state index in [0.29, 0.717) is 29.2 Å². The lowest BCUT2D eigenvalue weighted by Gasteiger charge is -2.26. The summed E-state index contributed by atoms with van der Waals surface area (Å²) in [6.07, 6.45) is 0. The van der Waals surface area contributed by atoms with Gasteiger partial charge in [0.25, 0.3) is 11.7 Å². The second kappa shape index (κ2) is 9.01. The first-order valence-electron chi connectivity index (χ1n) is 10.3. The van der Waals surface area contributed by atoms with Crippen molar-refractivity contribution in [3.05, 3.63) is 99.5 Å². The third-order valence-corrected chi connectivity index (χ3v) is 6.29. The molecule has 1 fully saturated rings. The van der Waals surface area contributed by atoms with E-state index in [-0.39, 0.29) is 11.3 Å². The molecule has 1 unspecified atom stereocenters. The summed E-state index contributed by atoms with van der Waals surface area (Å²) in [5.74, 6) is -0.912. The Balaban J connectivity index is 1.91. The highest BCUT2D eigenvalue weighted by Gasteiger charge is 2.47. The molecule has 0 bridgehead atoms. The van der Waals surface area contributed by atoms with Crippen LogP contribution in [0, 0.1) is 6.92 Å². The van der Waals surface area contributed by atoms with Crippen molar-refractivity contribution >= 4 is 39.1 Å². The number of aliphatic hydroxyl groups is 1. The van der Waals surface area contributed by atoms with Crippen LogP contribution in [0.5, 0.6) is 5.75 Å². The van der Waals surface area contributed by atoms with Gasteiger partial charge in [0, 0.05) is 15.7 Å². The summed E-state index contributed by atoms with van der Waals surface area (Å²) < 4.78 is 6.36. The van der Waals surface area contributed by atoms with Crippen molar-refractivity contribution in [3.8, 4) is 5.75 Å². The van der Waals surface area contributed by atoms with Crippen LogP contribution in [0.2, 0.25) is 0 Å². The molecule has 1 atom stereocenters. The highest BCUT2D eigenvalue weighted by Crippen LogP contribution is 2.43. The molecule has 0 aliphatic carbocycles. The first-order valence-corrected chi connectivity index (χ1v) is 11.1. The van der Waals surface area contributed by atoms with Crippen LogP contribution in [0.1, 0.15) is 29.7 Å². The average molecular weight is 492 g/mol. The minimum Gasteiger partial charge on any atom is -0.507 e. The number of aryl methyl sites for hydroxylation is 1. The van der Waals surface area contributed by atoms with Crippen LogP contribution in [0.4, 0.5) is 5.69 Å². The number of Topliss-reactive ketones (excluding diaryl/α,β-unsaturated/α-hetero) is 1. The van der Waals surface area contributed by atoms with Crippen LogP contribution >= 0.6 is 15.9 Å². The van der Waals surface area contributed by atoms with E-state index in [4.69, 9.17) is 4.74 Å². The zero-order valence-corrected chi connectivity index (χ0v) is 19.3. The molecule has 1 heterocycles. The quantitative estimate of drug-likeness (QED) is 0.279. The van der Waals surface area contributed by atoms with Crippen molar-refractivity contribution in [2.45, 2.75) is 19.9 Å². The van der Waals surface area contributed by atoms with Gasteiger partial charge in [0.2, 0.25) is 0 Å². The van der Waals surface area contributed by atoms with E-state index in [2.05, 4.69) is 15.9 Å². The number of carbonyl (C=O) groups excluding carboxylic acids is 2. The first-order chi connectivity index (χ1) is 15.4. The number of nitrogens with zero attached hydrogens (tertiary/aromatic N) is 1. The van der Waals surface area contributed by atoms with Crippen LogP contribution < -0.4 is 9.64 Å². The second-order valence-corrected chi connectivity index (χ2v) is 8.32. The van der Waals surface area contributed by atoms with Gasteiger partial charge >= 0.3 is 0 Å². The normalized spacial score (nSPS) is 17.6. The molecule has 1 saturated heterocycles. The summed E-state index contributed by atoms with van der Waals surface area (Å²) in [7, 11) is 0. The van der Waals surface area contributed by atoms with Crippen molar-refractivity contribution in [2.24, 2.45) is 0 Å². The smallest absolute Gasteiger partial charge is 0.300 e. The number of carbonyl (C=O) groups is 2. The summed E-state index contributed by atoms with van der Waals surface area (Å²) in [4.78, 5) is 27.8. The molecular formula is C26H22BrNO4. The van der Waals surface area contributed by atoms with Crippen LogP contribution in [-0.4, -0.2) is 23.4 Å². The van der Waals surface area contributed by atoms with E-state index in [1.807, 2.05) is 44.2 Å². The number of hydrogen-bond donors (Lipinski definition) is 1. The van der Waals surface area contributed by atoms with Crippen molar-refractivity contribution in [1.29, 1.82) is 0 Å². The maximum absolute atomic E-state index is 13.2. The predicted molar refractivity (Wildman–Crippen MR) is 128 cm³/mol. The van der Waals surface area contributed by atoms with E-state index in [9.17, 15) is 14.7 Å². The van der Waals surface area contributed by atoms with E-state index in [0.717, 1.165) is 10.0 Å². The molecule has 1 aliphatic heterocycles. The standard InChI is InChI=1S/C26H22BrNO4/c1-3-32-20-13-10-17(11-14-20)23-22(24(29)18-7-5-4-6-8-18)25(30)26(31)28(23)19-12-9-16(2)21(27)15-19/h4-15,23,29H,3H2,1-2H3/b24-22-. The minimum absolute atomic E-state index is 0.0575. The van der Waals surface area contributed by atoms with Gasteiger partial charge in [-0.25, -0.2) is 0 Å². The first kappa shape index (κ1) is 21.8. The number of amides is 1. The SMILES string of the molecule is CCOc1ccc(C2/C(=C(/O)c3ccccc3)C(=O)C(=O)N2c2ccc(C)c(Br)c2)cc1. The van der Waals surface area contributed by atoms with Crippen LogP contribution in [0.25, 0.3) is 5.76 Å². The third-order valence-electron chi connectivity index (χ3n) is 5.43. The van der Waals surface area contributed by atoms with Gasteiger partial charge in [0.1, 0.15) is 11.5 Å². The number of ketones is 1. The topological polar surface area (TPSA) is 66.8 Å². The van der Waals surface area contributed by atoms with Crippen molar-refractivity contribution in [2.75, 3.05) is 11.5 Å². The zero-order chi connectivity index (χ0) is 22.8. The Labute approximate surface area is 195 Å². The predicted octanol–water partition coefficient (Wildman–Crippen LogP) is 5.78. The fourth-order valence-corrected chi connectivity index (χ4v) is 4.18. The van der Waals surface area contributed by atoms with Gasteiger partial charge < -0.3 is 9.84 Å². The largest absolute Gasteiger partial charge is 0.507 e. The zero-order valence-electron chi connectivity index (χ0n) is 17.7. The molecule has 162 valence electrons. The Morgan fingerprint density at radius 3 is 2.34 bits per heavy atom. The fourth-order valence-electron chi connectivity index (χ4n) is 3.81. The Morgan fingerprint density at radius 1 is 1.03 bits per heavy atom. The minimum atomic E-state index is -0.777. The van der Waals surface area contributed by atoms with Gasteiger partial charge in [0.05, 0.1) is 18.2 Å². The lowest BCUT2D eigenvalue weighted by molar-refractivity contribution is -0.132. The van der Waals surface area contributed by atoms with E-state index < -0.39 is 17.7 Å². The fraction of sp³-hybridized carbons (Fsp3) is 0.154. The lowest BCUT2D eigenvalue weighted by atomic mass is 9.95. The highest BCUT2D eigenvalue weighted by atomic mass is 79.9. The molecule has 0 spiro atoms. The monoisotopic (exact) mass is 491 g/mol. The molecule has 5 nitrogen and oxygen atoms in total. The highest BCUT2D eigenvalue weighted by molar-refractivity contribution is 9.10. The van der Waals surface area contributed by atoms with Gasteiger partial charge in [-0.05, 0) is 49.2 Å². The number of anilines is 1. The molecule has 3 aromatic rings. The van der Waals surface area contributed by atoms with Crippen LogP contribution in [-0.2, 0) is 9.59 Å². The van der Waals surface area contributed by atoms with Gasteiger partial charge in [-0.15, -0.1) is 0 Å². The van der Waals surface area contributed by atoms with Crippen LogP contribution in [0.15, 0.2) is 82.8 Å². The van der Waals surface area contributed by atoms with Crippen molar-refractivity contribution in [3.63, 3.8) is 0 Å². The molecule has 1 amide bonds. The van der Waals surface area contributed by atoms with E-state index >= 15 is 0 Å². The lowest BCUT2D eigenvalue weighted by Crippen LogP contribution is -2.29. The summed E-state index contributed by atoms with van der Waals surface area (Å²) >= 11 is 3.51. The number of benzene rings is 3. The Bertz CT molecular complexity index is 1200. The number of ether oxygens (including phenoxy) is 1. The molecule has 1 aliphatic rings. The Hall–Kier alpha value is -3.38. The van der Waals surface area contributed by atoms with E-state index in [1.54, 1.807) is 42.5 Å². The van der Waals surface area contributed by atoms with Gasteiger partial charge in [-0.2, -0.15) is 0 Å². The van der Waals surface area contributed by atoms with Gasteiger partial charge in [-0.1, -0.05) is 64.5 Å². The van der Waals surface area contributed by atoms with Crippen molar-refractivity contribution in [1.82, 2.24) is 0 Å². The summed E-state index contributed by atoms with van der Waals surface area (Å²) in [5.41, 5.74) is 2.80. The average Bonchev–Trinajstić information content (AvgIpc) is 3.07. The molecule has 3 aromatic carbocycles. The number of halogens is 1. The van der Waals surface area contributed by atoms with Crippen LogP contribution in [0.3, 0.4) is 0 Å². The second-order valence-electron chi connectivity index (χ2n) is 7.47. The molecule has 0 aromatic heterocycles. The summed E-state index contributed by atoms with van der Waals surface area (Å²) in [6, 6.07) is 20.7. The molecule has 0 saturated carbocycles. The number of rotatable bonds is 5. The van der Waals surface area contributed by atoms with Crippen molar-refractivity contribution < 1.29 is 19.4 Å². The molecule has 4 rings (SSSR count). The molecule has 32 heavy (non-hydrogen) atoms. The molecule has 0 radical (unpaired) electrons. The molecular weight excluding hydrogens is 470 g/mol. The van der Waals surface area contributed by atoms with Gasteiger partial charge in [-0.3, -0.25) is 14.5 Å². The maximum atomic E-state index is 13.2. The molecule has 1 N–H and O–H groups in total. The summed E-state index contributed by atoms with van der Waals surface area (Å²) in [6.45, 7) is 4.38. The number of hydrogen-bond acceptors (Lipinski definition) is 4. The molecule has 6 heteroatoms. The summed E-state index contributed by atoms with van der Waals surface area (Å²) in [5, 5.41) is 11.1. The van der Waals surface area contributed by atoms with Gasteiger partial charge in [0.15, 0.2) is 0 Å². The van der Waals surface area contributed by atoms with E-state index in [1.165, 1.54) is 4.90 Å².